The number of methoxy groups -OCH3 is 1. The van der Waals surface area contributed by atoms with Gasteiger partial charge in [-0.1, -0.05) is 67.9 Å². The number of nitrogens with zero attached hydrogens (tertiary/aromatic N) is 1. The molecule has 17 heteroatoms. The van der Waals surface area contributed by atoms with Crippen molar-refractivity contribution in [3.8, 4) is 5.75 Å². The maximum Gasteiger partial charge on any atom is 0.234 e. The van der Waals surface area contributed by atoms with Crippen molar-refractivity contribution in [2.75, 3.05) is 50.7 Å². The van der Waals surface area contributed by atoms with Crippen LogP contribution in [0.25, 0.3) is 0 Å². The molecule has 3 saturated heterocycles. The van der Waals surface area contributed by atoms with E-state index in [0.29, 0.717) is 80.9 Å². The Kier molecular flexibility index (Phi) is 14.7. The van der Waals surface area contributed by atoms with Crippen molar-refractivity contribution in [3.63, 3.8) is 0 Å². The zero-order chi connectivity index (χ0) is 56.0. The Hall–Kier alpha value is -2.10. The van der Waals surface area contributed by atoms with E-state index < -0.39 is 104 Å². The Morgan fingerprint density at radius 2 is 1.77 bits per heavy atom. The van der Waals surface area contributed by atoms with Gasteiger partial charge in [0.05, 0.1) is 41.3 Å². The summed E-state index contributed by atoms with van der Waals surface area (Å²) in [6.45, 7) is 8.98. The smallest absolute Gasteiger partial charge is 0.234 e. The van der Waals surface area contributed by atoms with Crippen LogP contribution in [-0.2, 0) is 25.5 Å². The van der Waals surface area contributed by atoms with E-state index in [4.69, 9.17) is 9.47 Å². The number of allylic oxidation sites excluding steroid dienone is 2. The second kappa shape index (κ2) is 20.3. The first kappa shape index (κ1) is 57.3. The van der Waals surface area contributed by atoms with E-state index in [9.17, 15) is 46.0 Å². The second-order valence-corrected chi connectivity index (χ2v) is 30.5. The zero-order valence-corrected chi connectivity index (χ0v) is 48.7. The highest BCUT2D eigenvalue weighted by Crippen LogP contribution is 2.77. The number of hydrogen-bond acceptors (Lipinski definition) is 16. The van der Waals surface area contributed by atoms with E-state index in [1.54, 1.807) is 30.2 Å². The molecule has 5 saturated carbocycles. The number of carbonyl (C=O) groups excluding carboxylic acids is 2. The third kappa shape index (κ3) is 7.91. The average Bonchev–Trinajstić information content (AvgIpc) is 3.55. The van der Waals surface area contributed by atoms with Crippen LogP contribution in [0, 0.1) is 80.3 Å². The number of phenols is 1. The van der Waals surface area contributed by atoms with Gasteiger partial charge >= 0.3 is 0 Å². The summed E-state index contributed by atoms with van der Waals surface area (Å²) in [4.78, 5) is 34.1. The third-order valence-electron chi connectivity index (χ3n) is 24.9. The number of fused-ring (bicyclic) bond motifs is 1. The molecular formula is C62H90N2O13S2. The number of piperidine rings is 1. The highest BCUT2D eigenvalue weighted by molar-refractivity contribution is 8.76. The minimum absolute atomic E-state index is 0.0246. The van der Waals surface area contributed by atoms with E-state index in [1.165, 1.54) is 10.8 Å². The first-order valence-electron chi connectivity index (χ1n) is 30.3. The molecule has 1 aromatic rings. The summed E-state index contributed by atoms with van der Waals surface area (Å²) in [5.41, 5.74) is -11.2. The van der Waals surface area contributed by atoms with Crippen molar-refractivity contribution in [1.82, 2.24) is 5.32 Å². The molecule has 8 bridgehead atoms. The topological polar surface area (TPSA) is 253 Å². The number of aromatic hydroxyl groups is 1. The summed E-state index contributed by atoms with van der Waals surface area (Å²) in [7, 11) is 4.21. The number of phenolic OH excluding ortho intramolecular Hbond substituents is 1. The SMILES string of the molecule is COCCC1CCC(C2CCC3(CN4C(=O)C35C(CO)CCCC5CSSC(O)C35CC(O)C(O)(CO)CC3(C)C3CC6C=CCC(O)(C7OC7C(C)C(C)C)C7CCC(O)(C3=CC5=O)C67CCc3cc(O)cc4c3)C2O)NC1. The van der Waals surface area contributed by atoms with Crippen LogP contribution in [0.5, 0.6) is 5.75 Å². The van der Waals surface area contributed by atoms with Gasteiger partial charge in [-0.2, -0.15) is 0 Å². The number of aryl methyl sites for hydroxylation is 1. The van der Waals surface area contributed by atoms with Crippen LogP contribution in [0.3, 0.4) is 0 Å². The molecule has 1 amide bonds. The number of anilines is 1. The Morgan fingerprint density at radius 1 is 0.975 bits per heavy atom. The Bertz CT molecular complexity index is 2600. The molecule has 22 atom stereocenters. The molecule has 22 unspecified atom stereocenters. The van der Waals surface area contributed by atoms with Gasteiger partial charge in [0, 0.05) is 73.1 Å². The van der Waals surface area contributed by atoms with Gasteiger partial charge in [-0.15, -0.1) is 0 Å². The minimum Gasteiger partial charge on any atom is -0.508 e. The Labute approximate surface area is 474 Å². The molecule has 15 nitrogen and oxygen atoms in total. The second-order valence-electron chi connectivity index (χ2n) is 28.0. The number of ether oxygens (including phenoxy) is 2. The van der Waals surface area contributed by atoms with Crippen LogP contribution < -0.4 is 10.2 Å². The van der Waals surface area contributed by atoms with Crippen LogP contribution in [0.15, 0.2) is 42.0 Å². The fourth-order valence-corrected chi connectivity index (χ4v) is 23.7. The highest BCUT2D eigenvalue weighted by atomic mass is 33.1. The maximum absolute atomic E-state index is 16.4. The molecule has 4 spiro atoms. The molecule has 10 N–H and O–H groups in total. The van der Waals surface area contributed by atoms with Crippen molar-refractivity contribution in [2.24, 2.45) is 80.3 Å². The molecule has 6 aliphatic heterocycles. The van der Waals surface area contributed by atoms with E-state index in [0.717, 1.165) is 48.6 Å². The summed E-state index contributed by atoms with van der Waals surface area (Å²) in [6, 6.07) is 5.36. The number of aliphatic hydroxyl groups is 8. The van der Waals surface area contributed by atoms with Gasteiger partial charge in [0.2, 0.25) is 5.91 Å². The molecular weight excluding hydrogens is 1040 g/mol. The van der Waals surface area contributed by atoms with Crippen LogP contribution in [0.2, 0.25) is 0 Å². The lowest BCUT2D eigenvalue weighted by Crippen LogP contribution is -2.72. The predicted octanol–water partition coefficient (Wildman–Crippen LogP) is 5.84. The molecule has 438 valence electrons. The van der Waals surface area contributed by atoms with Crippen LogP contribution in [-0.4, -0.2) is 156 Å². The summed E-state index contributed by atoms with van der Waals surface area (Å²) in [5, 5.41) is 117. The molecule has 1 aromatic carbocycles. The van der Waals surface area contributed by atoms with Crippen molar-refractivity contribution >= 4 is 39.0 Å². The number of amides is 1. The molecule has 0 aromatic heterocycles. The molecule has 79 heavy (non-hydrogen) atoms. The van der Waals surface area contributed by atoms with Gasteiger partial charge in [0.1, 0.15) is 28.5 Å². The molecule has 0 radical (unpaired) electrons. The quantitative estimate of drug-likeness (QED) is 0.0793. The highest BCUT2D eigenvalue weighted by Gasteiger charge is 2.80. The number of rotatable bonds is 9. The molecule has 6 heterocycles. The van der Waals surface area contributed by atoms with Gasteiger partial charge in [-0.05, 0) is 179 Å². The molecule has 8 fully saturated rings. The van der Waals surface area contributed by atoms with E-state index in [2.05, 4.69) is 32.2 Å². The normalized spacial score (nSPS) is 49.7. The molecule has 13 aliphatic rings. The number of nitrogens with one attached hydrogen (secondary N) is 1. The van der Waals surface area contributed by atoms with Crippen LogP contribution in [0.1, 0.15) is 130 Å². The van der Waals surface area contributed by atoms with Crippen molar-refractivity contribution < 1.29 is 65.0 Å². The monoisotopic (exact) mass is 1130 g/mol. The lowest BCUT2D eigenvalue weighted by atomic mass is 9.38. The van der Waals surface area contributed by atoms with Crippen molar-refractivity contribution in [2.45, 2.75) is 183 Å². The number of hydrogen-bond donors (Lipinski definition) is 10. The van der Waals surface area contributed by atoms with Gasteiger partial charge in [0.15, 0.2) is 5.78 Å². The lowest BCUT2D eigenvalue weighted by molar-refractivity contribution is -0.235. The number of ketones is 1. The zero-order valence-electron chi connectivity index (χ0n) is 47.1. The standard InChI is InChI=1S/C62H90N2O13S2/c1-34(2)35(3)50-52(77-50)60(74)17-7-10-38-24-44-45-26-48(68)59(27-49(69)57(73,33-66)31-55(44,59)4)54(72)79-78-30-40-9-6-8-39(29-65)62(40)53(71)64(32-56(62)18-14-43(51(56)70)46-12-11-36(28-63-46)16-21-76-5)41-22-37(23-42(67)25-41)13-19-58(38)47(60)15-20-61(45,58)75/h7,10,22-23,25-26,34-36,38-40,43-44,46-47,49-52,54,63,65-67,69-70,72-75H,6,8-9,11-21,24,27-33H2,1-5H3. The Morgan fingerprint density at radius 3 is 2.49 bits per heavy atom. The van der Waals surface area contributed by atoms with E-state index in [1.807, 2.05) is 19.1 Å². The van der Waals surface area contributed by atoms with Gasteiger partial charge < -0.3 is 65.6 Å². The summed E-state index contributed by atoms with van der Waals surface area (Å²) >= 11 is 0. The van der Waals surface area contributed by atoms with E-state index in [-0.39, 0.29) is 86.3 Å². The predicted molar refractivity (Wildman–Crippen MR) is 301 cm³/mol. The fourth-order valence-electron chi connectivity index (χ4n) is 20.6. The molecule has 14 rings (SSSR count). The fraction of sp³-hybridized carbons (Fsp3) is 0.806. The van der Waals surface area contributed by atoms with Crippen molar-refractivity contribution in [1.29, 1.82) is 0 Å². The van der Waals surface area contributed by atoms with Gasteiger partial charge in [0.25, 0.3) is 0 Å². The first-order chi connectivity index (χ1) is 37.6. The summed E-state index contributed by atoms with van der Waals surface area (Å²) < 4.78 is 12.0. The number of benzene rings is 1. The maximum atomic E-state index is 16.4. The largest absolute Gasteiger partial charge is 0.508 e. The summed E-state index contributed by atoms with van der Waals surface area (Å²) in [5.74, 6) is -2.04. The van der Waals surface area contributed by atoms with Crippen LogP contribution in [0.4, 0.5) is 5.69 Å². The number of epoxide rings is 1. The lowest BCUT2D eigenvalue weighted by Gasteiger charge is -2.68. The number of carbonyl (C=O) groups is 2. The van der Waals surface area contributed by atoms with Crippen molar-refractivity contribution in [3.05, 3.63) is 47.6 Å². The summed E-state index contributed by atoms with van der Waals surface area (Å²) in [6.07, 6.45) is 9.89. The van der Waals surface area contributed by atoms with Gasteiger partial charge in [-0.3, -0.25) is 9.59 Å². The Balaban J connectivity index is 1.02. The minimum atomic E-state index is -2.03. The number of aliphatic hydroxyl groups excluding tert-OH is 5. The van der Waals surface area contributed by atoms with Gasteiger partial charge in [-0.25, -0.2) is 0 Å². The molecule has 7 aliphatic carbocycles. The van der Waals surface area contributed by atoms with E-state index >= 15 is 9.59 Å². The van der Waals surface area contributed by atoms with Crippen LogP contribution >= 0.6 is 21.6 Å². The first-order valence-corrected chi connectivity index (χ1v) is 32.7. The average molecular weight is 1140 g/mol. The third-order valence-corrected chi connectivity index (χ3v) is 27.5.